The SMILES string of the molecule is CCCC[SiH](F)C(C)C. The van der Waals surface area contributed by atoms with Gasteiger partial charge < -0.3 is 4.11 Å². The van der Waals surface area contributed by atoms with Gasteiger partial charge in [-0.1, -0.05) is 33.6 Å². The van der Waals surface area contributed by atoms with Gasteiger partial charge in [-0.2, -0.15) is 0 Å². The third-order valence-electron chi connectivity index (χ3n) is 1.56. The molecule has 0 spiro atoms. The summed E-state index contributed by atoms with van der Waals surface area (Å²) >= 11 is 0. The van der Waals surface area contributed by atoms with Crippen LogP contribution in [0.3, 0.4) is 0 Å². The maximum atomic E-state index is 12.9. The van der Waals surface area contributed by atoms with E-state index in [0.717, 1.165) is 18.9 Å². The van der Waals surface area contributed by atoms with Crippen LogP contribution in [0.1, 0.15) is 33.6 Å². The van der Waals surface area contributed by atoms with E-state index >= 15 is 0 Å². The molecule has 0 aliphatic rings. The Balaban J connectivity index is 3.16. The van der Waals surface area contributed by atoms with E-state index in [1.54, 1.807) is 0 Å². The molecule has 0 bridgehead atoms. The summed E-state index contributed by atoms with van der Waals surface area (Å²) in [5.41, 5.74) is 0.344. The molecule has 0 aromatic carbocycles. The van der Waals surface area contributed by atoms with Crippen molar-refractivity contribution in [2.75, 3.05) is 0 Å². The molecule has 0 nitrogen and oxygen atoms in total. The number of hydrogen-bond acceptors (Lipinski definition) is 0. The first-order chi connectivity index (χ1) is 4.18. The molecule has 0 aliphatic carbocycles. The van der Waals surface area contributed by atoms with Crippen LogP contribution in [0.25, 0.3) is 0 Å². The van der Waals surface area contributed by atoms with E-state index in [-0.39, 0.29) is 0 Å². The molecule has 0 aliphatic heterocycles. The lowest BCUT2D eigenvalue weighted by Gasteiger charge is -2.07. The van der Waals surface area contributed by atoms with Gasteiger partial charge in [0.15, 0.2) is 0 Å². The average molecular weight is 148 g/mol. The smallest absolute Gasteiger partial charge is 0.234 e. The lowest BCUT2D eigenvalue weighted by molar-refractivity contribution is 0.736. The van der Waals surface area contributed by atoms with Crippen molar-refractivity contribution in [1.29, 1.82) is 0 Å². The fourth-order valence-electron chi connectivity index (χ4n) is 0.732. The minimum Gasteiger partial charge on any atom is -0.318 e. The Bertz CT molecular complexity index is 63.9. The standard InChI is InChI=1S/C7H17FSi/c1-4-5-6-9(8)7(2)3/h7,9H,4-6H2,1-3H3. The summed E-state index contributed by atoms with van der Waals surface area (Å²) in [6.07, 6.45) is 2.23. The van der Waals surface area contributed by atoms with Crippen molar-refractivity contribution in [3.63, 3.8) is 0 Å². The average Bonchev–Trinajstić information content (AvgIpc) is 1.82. The van der Waals surface area contributed by atoms with Gasteiger partial charge in [0.1, 0.15) is 0 Å². The predicted molar refractivity (Wildman–Crippen MR) is 43.1 cm³/mol. The molecular formula is C7H17FSi. The molecule has 1 atom stereocenters. The van der Waals surface area contributed by atoms with E-state index in [0.29, 0.717) is 5.54 Å². The molecule has 56 valence electrons. The Morgan fingerprint density at radius 1 is 1.44 bits per heavy atom. The maximum Gasteiger partial charge on any atom is 0.234 e. The van der Waals surface area contributed by atoms with Gasteiger partial charge in [-0.15, -0.1) is 0 Å². The Labute approximate surface area is 59.2 Å². The van der Waals surface area contributed by atoms with E-state index in [1.165, 1.54) is 0 Å². The first-order valence-corrected chi connectivity index (χ1v) is 5.74. The fourth-order valence-corrected chi connectivity index (χ4v) is 2.20. The van der Waals surface area contributed by atoms with Crippen LogP contribution < -0.4 is 0 Å². The van der Waals surface area contributed by atoms with Crippen LogP contribution in [0.2, 0.25) is 11.6 Å². The fraction of sp³-hybridized carbons (Fsp3) is 1.00. The summed E-state index contributed by atoms with van der Waals surface area (Å²) in [6.45, 7) is 6.10. The van der Waals surface area contributed by atoms with Crippen molar-refractivity contribution in [2.45, 2.75) is 45.2 Å². The molecule has 1 unspecified atom stereocenters. The minimum absolute atomic E-state index is 0.344. The van der Waals surface area contributed by atoms with Crippen LogP contribution in [0, 0.1) is 0 Å². The van der Waals surface area contributed by atoms with Gasteiger partial charge in [0.2, 0.25) is 9.13 Å². The van der Waals surface area contributed by atoms with E-state index in [4.69, 9.17) is 0 Å². The monoisotopic (exact) mass is 148 g/mol. The zero-order chi connectivity index (χ0) is 7.28. The normalized spacial score (nSPS) is 14.3. The third-order valence-corrected chi connectivity index (χ3v) is 3.96. The summed E-state index contributed by atoms with van der Waals surface area (Å²) in [6, 6.07) is 0.883. The first kappa shape index (κ1) is 9.15. The van der Waals surface area contributed by atoms with Crippen molar-refractivity contribution in [2.24, 2.45) is 0 Å². The van der Waals surface area contributed by atoms with Gasteiger partial charge in [-0.25, -0.2) is 0 Å². The minimum atomic E-state index is -1.79. The van der Waals surface area contributed by atoms with Gasteiger partial charge in [-0.05, 0) is 11.6 Å². The summed E-state index contributed by atoms with van der Waals surface area (Å²) in [5.74, 6) is 0. The van der Waals surface area contributed by atoms with Crippen LogP contribution in [0.15, 0.2) is 0 Å². The molecular weight excluding hydrogens is 131 g/mol. The van der Waals surface area contributed by atoms with Gasteiger partial charge in [-0.3, -0.25) is 0 Å². The molecule has 2 heteroatoms. The number of hydrogen-bond donors (Lipinski definition) is 0. The number of unbranched alkanes of at least 4 members (excludes halogenated alkanes) is 1. The lowest BCUT2D eigenvalue weighted by Crippen LogP contribution is -2.08. The highest BCUT2D eigenvalue weighted by atomic mass is 28.3. The molecule has 0 heterocycles. The summed E-state index contributed by atoms with van der Waals surface area (Å²) in [5, 5.41) is 0. The lowest BCUT2D eigenvalue weighted by atomic mass is 10.4. The van der Waals surface area contributed by atoms with Crippen molar-refractivity contribution < 1.29 is 4.11 Å². The van der Waals surface area contributed by atoms with Crippen molar-refractivity contribution in [3.05, 3.63) is 0 Å². The van der Waals surface area contributed by atoms with E-state index in [2.05, 4.69) is 6.92 Å². The molecule has 0 saturated carbocycles. The van der Waals surface area contributed by atoms with Gasteiger partial charge in [0, 0.05) is 0 Å². The Morgan fingerprint density at radius 2 is 2.00 bits per heavy atom. The second kappa shape index (κ2) is 4.97. The quantitative estimate of drug-likeness (QED) is 0.425. The second-order valence-corrected chi connectivity index (χ2v) is 5.84. The van der Waals surface area contributed by atoms with Crippen molar-refractivity contribution >= 4 is 9.13 Å². The molecule has 0 saturated heterocycles. The molecule has 0 rings (SSSR count). The van der Waals surface area contributed by atoms with Crippen LogP contribution in [0.5, 0.6) is 0 Å². The highest BCUT2D eigenvalue weighted by molar-refractivity contribution is 6.52. The second-order valence-electron chi connectivity index (χ2n) is 2.90. The molecule has 9 heavy (non-hydrogen) atoms. The molecule has 0 N–H and O–H groups in total. The largest absolute Gasteiger partial charge is 0.318 e. The van der Waals surface area contributed by atoms with Crippen LogP contribution in [-0.4, -0.2) is 9.13 Å². The third kappa shape index (κ3) is 4.64. The topological polar surface area (TPSA) is 0 Å². The van der Waals surface area contributed by atoms with Crippen LogP contribution in [-0.2, 0) is 0 Å². The maximum absolute atomic E-state index is 12.9. The Hall–Kier alpha value is 0.147. The van der Waals surface area contributed by atoms with Gasteiger partial charge in [0.25, 0.3) is 0 Å². The number of halogens is 1. The zero-order valence-electron chi connectivity index (χ0n) is 6.65. The van der Waals surface area contributed by atoms with Gasteiger partial charge >= 0.3 is 0 Å². The van der Waals surface area contributed by atoms with Gasteiger partial charge in [0.05, 0.1) is 0 Å². The molecule has 0 aromatic heterocycles. The number of rotatable bonds is 4. The predicted octanol–water partition coefficient (Wildman–Crippen LogP) is 2.89. The van der Waals surface area contributed by atoms with Crippen LogP contribution >= 0.6 is 0 Å². The van der Waals surface area contributed by atoms with Crippen molar-refractivity contribution in [1.82, 2.24) is 0 Å². The van der Waals surface area contributed by atoms with E-state index < -0.39 is 9.13 Å². The van der Waals surface area contributed by atoms with E-state index in [9.17, 15) is 4.11 Å². The first-order valence-electron chi connectivity index (χ1n) is 3.82. The molecule has 0 fully saturated rings. The van der Waals surface area contributed by atoms with Crippen LogP contribution in [0.4, 0.5) is 4.11 Å². The zero-order valence-corrected chi connectivity index (χ0v) is 7.81. The highest BCUT2D eigenvalue weighted by Gasteiger charge is 2.12. The molecule has 0 amide bonds. The van der Waals surface area contributed by atoms with Crippen molar-refractivity contribution in [3.8, 4) is 0 Å². The summed E-state index contributed by atoms with van der Waals surface area (Å²) in [7, 11) is -1.79. The Kier molecular flexibility index (Phi) is 5.05. The Morgan fingerprint density at radius 3 is 2.33 bits per heavy atom. The molecule has 0 radical (unpaired) electrons. The summed E-state index contributed by atoms with van der Waals surface area (Å²) < 4.78 is 12.9. The highest BCUT2D eigenvalue weighted by Crippen LogP contribution is 2.14. The molecule has 0 aromatic rings. The summed E-state index contributed by atoms with van der Waals surface area (Å²) in [4.78, 5) is 0. The van der Waals surface area contributed by atoms with E-state index in [1.807, 2.05) is 13.8 Å².